The van der Waals surface area contributed by atoms with E-state index in [9.17, 15) is 15.2 Å². The fraction of sp³-hybridized carbons (Fsp3) is 0.133. The van der Waals surface area contributed by atoms with Crippen LogP contribution in [0.1, 0.15) is 11.1 Å². The summed E-state index contributed by atoms with van der Waals surface area (Å²) in [6.07, 6.45) is 1.29. The molecule has 7 heteroatoms. The summed E-state index contributed by atoms with van der Waals surface area (Å²) in [5, 5.41) is 22.8. The zero-order chi connectivity index (χ0) is 16.1. The van der Waals surface area contributed by atoms with Gasteiger partial charge in [0.1, 0.15) is 5.75 Å². The van der Waals surface area contributed by atoms with E-state index in [-0.39, 0.29) is 17.1 Å². The highest BCUT2D eigenvalue weighted by atomic mass is 35.5. The molecule has 0 N–H and O–H groups in total. The first-order valence-electron chi connectivity index (χ1n) is 6.29. The van der Waals surface area contributed by atoms with Crippen molar-refractivity contribution in [2.75, 3.05) is 7.11 Å². The van der Waals surface area contributed by atoms with Crippen molar-refractivity contribution >= 4 is 23.5 Å². The van der Waals surface area contributed by atoms with Crippen molar-refractivity contribution in [3.8, 4) is 11.5 Å². The number of aliphatic imine (C=N–C) groups is 1. The molecule has 0 aliphatic carbocycles. The third-order valence-corrected chi connectivity index (χ3v) is 3.16. The van der Waals surface area contributed by atoms with E-state index < -0.39 is 16.4 Å². The maximum absolute atomic E-state index is 11.9. The van der Waals surface area contributed by atoms with E-state index >= 15 is 0 Å². The number of rotatable bonds is 5. The molecule has 2 aromatic rings. The molecule has 0 aliphatic heterocycles. The topological polar surface area (TPSA) is 87.8 Å². The van der Waals surface area contributed by atoms with Gasteiger partial charge in [0, 0.05) is 22.9 Å². The summed E-state index contributed by atoms with van der Waals surface area (Å²) < 4.78 is 5.20. The van der Waals surface area contributed by atoms with Crippen molar-refractivity contribution in [3.63, 3.8) is 0 Å². The lowest BCUT2D eigenvalue weighted by Crippen LogP contribution is -2.02. The summed E-state index contributed by atoms with van der Waals surface area (Å²) in [7, 11) is 1.55. The molecule has 0 unspecified atom stereocenters. The van der Waals surface area contributed by atoms with E-state index in [4.69, 9.17) is 16.3 Å². The maximum Gasteiger partial charge on any atom is 0.263 e. The Hall–Kier alpha value is -2.60. The Balaban J connectivity index is 2.25. The van der Waals surface area contributed by atoms with Gasteiger partial charge in [0.15, 0.2) is 0 Å². The second-order valence-electron chi connectivity index (χ2n) is 4.38. The van der Waals surface area contributed by atoms with Crippen LogP contribution in [0.4, 0.5) is 5.69 Å². The lowest BCUT2D eigenvalue weighted by molar-refractivity contribution is -0.398. The van der Waals surface area contributed by atoms with Gasteiger partial charge >= 0.3 is 0 Å². The monoisotopic (exact) mass is 319 g/mol. The third-order valence-electron chi connectivity index (χ3n) is 2.94. The van der Waals surface area contributed by atoms with Crippen LogP contribution in [-0.4, -0.2) is 18.2 Å². The molecule has 0 saturated carbocycles. The number of hydrogen-bond donors (Lipinski definition) is 0. The van der Waals surface area contributed by atoms with E-state index in [0.29, 0.717) is 5.75 Å². The second-order valence-corrected chi connectivity index (χ2v) is 4.82. The predicted octanol–water partition coefficient (Wildman–Crippen LogP) is 2.95. The fourth-order valence-corrected chi connectivity index (χ4v) is 2.13. The van der Waals surface area contributed by atoms with E-state index in [1.54, 1.807) is 13.2 Å². The Labute approximate surface area is 131 Å². The summed E-state index contributed by atoms with van der Waals surface area (Å²) in [6.45, 7) is 0.282. The lowest BCUT2D eigenvalue weighted by Gasteiger charge is -2.11. The number of nitro groups is 1. The highest BCUT2D eigenvalue weighted by Gasteiger charge is 2.11. The van der Waals surface area contributed by atoms with Gasteiger partial charge < -0.3 is 9.84 Å². The minimum atomic E-state index is -0.758. The van der Waals surface area contributed by atoms with Gasteiger partial charge in [-0.3, -0.25) is 15.1 Å². The van der Waals surface area contributed by atoms with Crippen LogP contribution in [-0.2, 0) is 6.54 Å². The normalized spacial score (nSPS) is 10.8. The van der Waals surface area contributed by atoms with Gasteiger partial charge in [-0.05, 0) is 23.4 Å². The van der Waals surface area contributed by atoms with Crippen LogP contribution in [0.5, 0.6) is 11.5 Å². The summed E-state index contributed by atoms with van der Waals surface area (Å²) in [4.78, 5) is 14.2. The minimum Gasteiger partial charge on any atom is -0.867 e. The maximum atomic E-state index is 11.9. The lowest BCUT2D eigenvalue weighted by atomic mass is 10.2. The van der Waals surface area contributed by atoms with Crippen LogP contribution in [0, 0.1) is 10.1 Å². The zero-order valence-corrected chi connectivity index (χ0v) is 12.4. The van der Waals surface area contributed by atoms with Crippen LogP contribution in [0.25, 0.3) is 0 Å². The van der Waals surface area contributed by atoms with E-state index in [2.05, 4.69) is 4.99 Å². The Morgan fingerprint density at radius 2 is 2.09 bits per heavy atom. The van der Waals surface area contributed by atoms with Crippen molar-refractivity contribution in [2.45, 2.75) is 6.54 Å². The first kappa shape index (κ1) is 15.8. The smallest absolute Gasteiger partial charge is 0.263 e. The molecule has 0 radical (unpaired) electrons. The molecule has 0 bridgehead atoms. The van der Waals surface area contributed by atoms with Crippen molar-refractivity contribution < 1.29 is 14.8 Å². The molecule has 2 rings (SSSR count). The molecule has 0 amide bonds. The number of hydrogen-bond acceptors (Lipinski definition) is 5. The predicted molar refractivity (Wildman–Crippen MR) is 81.8 cm³/mol. The fourth-order valence-electron chi connectivity index (χ4n) is 1.91. The molecule has 0 aliphatic rings. The molecule has 22 heavy (non-hydrogen) atoms. The van der Waals surface area contributed by atoms with Gasteiger partial charge in [-0.2, -0.15) is 0 Å². The molecule has 0 saturated heterocycles. The number of para-hydroxylation sites is 1. The van der Waals surface area contributed by atoms with E-state index in [1.807, 2.05) is 18.2 Å². The van der Waals surface area contributed by atoms with Gasteiger partial charge in [-0.25, -0.2) is 0 Å². The van der Waals surface area contributed by atoms with Crippen LogP contribution < -0.4 is 9.84 Å². The number of nitrogens with zero attached hydrogens (tertiary/aromatic N) is 2. The number of ether oxygens (including phenoxy) is 1. The van der Waals surface area contributed by atoms with Gasteiger partial charge in [0.25, 0.3) is 5.69 Å². The van der Waals surface area contributed by atoms with Crippen LogP contribution >= 0.6 is 11.6 Å². The van der Waals surface area contributed by atoms with Crippen molar-refractivity contribution in [2.24, 2.45) is 4.99 Å². The van der Waals surface area contributed by atoms with Crippen LogP contribution in [0.2, 0.25) is 5.02 Å². The molecule has 0 fully saturated rings. The Bertz CT molecular complexity index is 731. The highest BCUT2D eigenvalue weighted by Crippen LogP contribution is 2.30. The number of methoxy groups -OCH3 is 1. The largest absolute Gasteiger partial charge is 0.867 e. The van der Waals surface area contributed by atoms with Gasteiger partial charge in [0.05, 0.1) is 18.6 Å². The SMILES string of the molecule is COc1ccccc1CN=Cc1cc(Cl)cc([N+](=O)[O-])c1[O-]. The summed E-state index contributed by atoms with van der Waals surface area (Å²) in [5.41, 5.74) is 0.352. The Morgan fingerprint density at radius 3 is 2.77 bits per heavy atom. The molecule has 0 aromatic heterocycles. The summed E-state index contributed by atoms with van der Waals surface area (Å²) in [5.74, 6) is -0.0303. The minimum absolute atomic E-state index is 0.0779. The van der Waals surface area contributed by atoms with Crippen LogP contribution in [0.3, 0.4) is 0 Å². The van der Waals surface area contributed by atoms with Gasteiger partial charge in [0.2, 0.25) is 0 Å². The molecule has 114 valence electrons. The van der Waals surface area contributed by atoms with Crippen LogP contribution in [0.15, 0.2) is 41.4 Å². The van der Waals surface area contributed by atoms with E-state index in [1.165, 1.54) is 12.3 Å². The quantitative estimate of drug-likeness (QED) is 0.481. The van der Waals surface area contributed by atoms with Crippen molar-refractivity contribution in [3.05, 3.63) is 62.7 Å². The summed E-state index contributed by atoms with van der Waals surface area (Å²) >= 11 is 5.78. The average molecular weight is 320 g/mol. The van der Waals surface area contributed by atoms with Crippen molar-refractivity contribution in [1.29, 1.82) is 0 Å². The first-order valence-corrected chi connectivity index (χ1v) is 6.67. The number of benzene rings is 2. The Kier molecular flexibility index (Phi) is 4.95. The number of nitro benzene ring substituents is 1. The molecular weight excluding hydrogens is 308 g/mol. The van der Waals surface area contributed by atoms with Crippen molar-refractivity contribution in [1.82, 2.24) is 0 Å². The highest BCUT2D eigenvalue weighted by molar-refractivity contribution is 6.31. The molecule has 0 heterocycles. The van der Waals surface area contributed by atoms with Gasteiger partial charge in [-0.15, -0.1) is 0 Å². The standard InChI is InChI=1S/C15H13ClN2O4/c1-22-14-5-3-2-4-10(14)8-17-9-11-6-12(16)7-13(15(11)19)18(20)21/h2-7,9,19H,8H2,1H3/p-1. The summed E-state index contributed by atoms with van der Waals surface area (Å²) in [6, 6.07) is 9.70. The molecule has 6 nitrogen and oxygen atoms in total. The van der Waals surface area contributed by atoms with Gasteiger partial charge in [-0.1, -0.05) is 29.8 Å². The second kappa shape index (κ2) is 6.91. The third kappa shape index (κ3) is 3.53. The molecular formula is C15H12ClN2O4-. The Morgan fingerprint density at radius 1 is 1.36 bits per heavy atom. The zero-order valence-electron chi connectivity index (χ0n) is 11.7. The number of halogens is 1. The first-order chi connectivity index (χ1) is 10.5. The molecule has 0 spiro atoms. The molecule has 0 atom stereocenters. The average Bonchev–Trinajstić information content (AvgIpc) is 2.50. The van der Waals surface area contributed by atoms with E-state index in [0.717, 1.165) is 11.6 Å². The molecule has 2 aromatic carbocycles.